The van der Waals surface area contributed by atoms with Crippen LogP contribution in [-0.4, -0.2) is 25.2 Å². The second kappa shape index (κ2) is 6.48. The lowest BCUT2D eigenvalue weighted by Gasteiger charge is -2.25. The van der Waals surface area contributed by atoms with Crippen molar-refractivity contribution < 1.29 is 14.3 Å². The number of methoxy groups -OCH3 is 1. The van der Waals surface area contributed by atoms with Crippen LogP contribution in [-0.2, 0) is 14.9 Å². The van der Waals surface area contributed by atoms with E-state index in [9.17, 15) is 4.79 Å². The lowest BCUT2D eigenvalue weighted by molar-refractivity contribution is -0.146. The predicted molar refractivity (Wildman–Crippen MR) is 84.6 cm³/mol. The van der Waals surface area contributed by atoms with Crippen molar-refractivity contribution in [3.63, 3.8) is 0 Å². The fourth-order valence-electron chi connectivity index (χ4n) is 2.08. The average molecular weight is 293 g/mol. The highest BCUT2D eigenvalue weighted by Crippen LogP contribution is 2.32. The number of aryl methyl sites for hydroxylation is 1. The number of carbonyl (C=O) groups is 1. The third-order valence-electron chi connectivity index (χ3n) is 3.48. The number of benzene rings is 1. The van der Waals surface area contributed by atoms with Crippen molar-refractivity contribution in [3.05, 3.63) is 29.3 Å². The molecule has 4 heteroatoms. The Kier molecular flexibility index (Phi) is 5.40. The summed E-state index contributed by atoms with van der Waals surface area (Å²) in [6.07, 6.45) is 0.400. The van der Waals surface area contributed by atoms with E-state index in [1.54, 1.807) is 6.92 Å². The molecular formula is C17H27NO3. The van der Waals surface area contributed by atoms with Crippen LogP contribution in [0.25, 0.3) is 0 Å². The topological polar surface area (TPSA) is 61.5 Å². The Balaban J connectivity index is 2.80. The van der Waals surface area contributed by atoms with Crippen LogP contribution in [0, 0.1) is 6.92 Å². The second-order valence-electron chi connectivity index (χ2n) is 6.76. The number of carbonyl (C=O) groups excluding carboxylic acids is 1. The van der Waals surface area contributed by atoms with Crippen molar-refractivity contribution in [2.24, 2.45) is 5.73 Å². The summed E-state index contributed by atoms with van der Waals surface area (Å²) in [7, 11) is 1.34. The molecule has 0 fully saturated rings. The molecule has 0 heterocycles. The summed E-state index contributed by atoms with van der Waals surface area (Å²) < 4.78 is 10.6. The van der Waals surface area contributed by atoms with Crippen LogP contribution < -0.4 is 10.5 Å². The van der Waals surface area contributed by atoms with Crippen LogP contribution in [0.15, 0.2) is 18.2 Å². The molecule has 1 rings (SSSR count). The molecule has 0 aromatic heterocycles. The van der Waals surface area contributed by atoms with Gasteiger partial charge in [-0.2, -0.15) is 0 Å². The van der Waals surface area contributed by atoms with Gasteiger partial charge in [0.15, 0.2) is 0 Å². The minimum absolute atomic E-state index is 0.00258. The average Bonchev–Trinajstić information content (AvgIpc) is 2.36. The molecule has 0 amide bonds. The Hall–Kier alpha value is -1.55. The summed E-state index contributed by atoms with van der Waals surface area (Å²) in [5.74, 6) is 0.426. The molecule has 0 saturated carbocycles. The first-order chi connectivity index (χ1) is 9.58. The van der Waals surface area contributed by atoms with Crippen LogP contribution in [0.1, 0.15) is 45.2 Å². The van der Waals surface area contributed by atoms with E-state index in [2.05, 4.69) is 32.9 Å². The monoisotopic (exact) mass is 293 g/mol. The second-order valence-corrected chi connectivity index (χ2v) is 6.76. The zero-order chi connectivity index (χ0) is 16.3. The van der Waals surface area contributed by atoms with Gasteiger partial charge in [-0.1, -0.05) is 32.9 Å². The lowest BCUT2D eigenvalue weighted by Crippen LogP contribution is -2.46. The Morgan fingerprint density at radius 2 is 1.86 bits per heavy atom. The van der Waals surface area contributed by atoms with Gasteiger partial charge in [-0.25, -0.2) is 0 Å². The first kappa shape index (κ1) is 17.5. The van der Waals surface area contributed by atoms with Gasteiger partial charge in [-0.15, -0.1) is 0 Å². The lowest BCUT2D eigenvalue weighted by atomic mass is 9.86. The summed E-state index contributed by atoms with van der Waals surface area (Å²) in [5, 5.41) is 0. The Morgan fingerprint density at radius 1 is 1.24 bits per heavy atom. The number of nitrogens with two attached hydrogens (primary N) is 1. The molecule has 0 aliphatic rings. The van der Waals surface area contributed by atoms with E-state index in [0.717, 1.165) is 16.9 Å². The number of ether oxygens (including phenoxy) is 2. The van der Waals surface area contributed by atoms with E-state index in [-0.39, 0.29) is 5.41 Å². The number of rotatable bonds is 5. The molecule has 2 N–H and O–H groups in total. The smallest absolute Gasteiger partial charge is 0.325 e. The van der Waals surface area contributed by atoms with Crippen LogP contribution in [0.4, 0.5) is 0 Å². The summed E-state index contributed by atoms with van der Waals surface area (Å²) in [5.41, 5.74) is 7.19. The maximum atomic E-state index is 11.6. The molecule has 1 unspecified atom stereocenters. The number of hydrogen-bond donors (Lipinski definition) is 1. The molecule has 0 bridgehead atoms. The van der Waals surface area contributed by atoms with Gasteiger partial charge in [0.05, 0.1) is 13.7 Å². The van der Waals surface area contributed by atoms with Crippen LogP contribution >= 0.6 is 0 Å². The first-order valence-corrected chi connectivity index (χ1v) is 7.19. The van der Waals surface area contributed by atoms with Gasteiger partial charge in [0.2, 0.25) is 0 Å². The molecule has 0 aliphatic heterocycles. The van der Waals surface area contributed by atoms with E-state index >= 15 is 0 Å². The normalized spacial score (nSPS) is 14.4. The Bertz CT molecular complexity index is 501. The molecule has 118 valence electrons. The van der Waals surface area contributed by atoms with Crippen LogP contribution in [0.3, 0.4) is 0 Å². The molecule has 0 aliphatic carbocycles. The highest BCUT2D eigenvalue weighted by molar-refractivity contribution is 5.79. The third kappa shape index (κ3) is 4.74. The van der Waals surface area contributed by atoms with Crippen molar-refractivity contribution in [3.8, 4) is 5.75 Å². The fraction of sp³-hybridized carbons (Fsp3) is 0.588. The molecule has 1 aromatic rings. The minimum Gasteiger partial charge on any atom is -0.493 e. The highest BCUT2D eigenvalue weighted by Gasteiger charge is 2.29. The zero-order valence-electron chi connectivity index (χ0n) is 13.9. The number of esters is 1. The Labute approximate surface area is 127 Å². The van der Waals surface area contributed by atoms with Gasteiger partial charge in [0.1, 0.15) is 11.3 Å². The van der Waals surface area contributed by atoms with Crippen molar-refractivity contribution in [1.82, 2.24) is 0 Å². The maximum absolute atomic E-state index is 11.6. The SMILES string of the molecule is COC(=O)C(C)(N)CCOc1cc(C)ccc1C(C)(C)C. The molecule has 21 heavy (non-hydrogen) atoms. The van der Waals surface area contributed by atoms with Crippen molar-refractivity contribution in [1.29, 1.82) is 0 Å². The van der Waals surface area contributed by atoms with Crippen molar-refractivity contribution >= 4 is 5.97 Å². The van der Waals surface area contributed by atoms with Gasteiger partial charge >= 0.3 is 5.97 Å². The Morgan fingerprint density at radius 3 is 2.38 bits per heavy atom. The first-order valence-electron chi connectivity index (χ1n) is 7.19. The van der Waals surface area contributed by atoms with E-state index in [1.165, 1.54) is 7.11 Å². The van der Waals surface area contributed by atoms with Gasteiger partial charge < -0.3 is 15.2 Å². The molecule has 0 saturated heterocycles. The third-order valence-corrected chi connectivity index (χ3v) is 3.48. The molecule has 4 nitrogen and oxygen atoms in total. The van der Waals surface area contributed by atoms with E-state index in [0.29, 0.717) is 13.0 Å². The standard InChI is InChI=1S/C17H27NO3/c1-12-7-8-13(16(2,3)4)14(11-12)21-10-9-17(5,18)15(19)20-6/h7-8,11H,9-10,18H2,1-6H3. The summed E-state index contributed by atoms with van der Waals surface area (Å²) in [4.78, 5) is 11.6. The van der Waals surface area contributed by atoms with E-state index in [1.807, 2.05) is 13.0 Å². The van der Waals surface area contributed by atoms with Crippen molar-refractivity contribution in [2.75, 3.05) is 13.7 Å². The maximum Gasteiger partial charge on any atom is 0.325 e. The van der Waals surface area contributed by atoms with Gasteiger partial charge in [-0.05, 0) is 36.5 Å². The van der Waals surface area contributed by atoms with E-state index in [4.69, 9.17) is 15.2 Å². The van der Waals surface area contributed by atoms with Gasteiger partial charge in [-0.3, -0.25) is 4.79 Å². The summed E-state index contributed by atoms with van der Waals surface area (Å²) >= 11 is 0. The summed E-state index contributed by atoms with van der Waals surface area (Å²) in [6, 6.07) is 6.19. The van der Waals surface area contributed by atoms with E-state index < -0.39 is 11.5 Å². The molecule has 1 aromatic carbocycles. The highest BCUT2D eigenvalue weighted by atomic mass is 16.5. The zero-order valence-corrected chi connectivity index (χ0v) is 13.9. The van der Waals surface area contributed by atoms with Crippen LogP contribution in [0.5, 0.6) is 5.75 Å². The molecule has 0 radical (unpaired) electrons. The molecular weight excluding hydrogens is 266 g/mol. The van der Waals surface area contributed by atoms with Gasteiger partial charge in [0, 0.05) is 6.42 Å². The van der Waals surface area contributed by atoms with Gasteiger partial charge in [0.25, 0.3) is 0 Å². The minimum atomic E-state index is -1.03. The summed E-state index contributed by atoms with van der Waals surface area (Å²) in [6.45, 7) is 10.5. The largest absolute Gasteiger partial charge is 0.493 e. The fourth-order valence-corrected chi connectivity index (χ4v) is 2.08. The number of hydrogen-bond acceptors (Lipinski definition) is 4. The predicted octanol–water partition coefficient (Wildman–Crippen LogP) is 2.95. The molecule has 1 atom stereocenters. The quantitative estimate of drug-likeness (QED) is 0.848. The van der Waals surface area contributed by atoms with Crippen LogP contribution in [0.2, 0.25) is 0 Å². The molecule has 0 spiro atoms. The van der Waals surface area contributed by atoms with Crippen molar-refractivity contribution in [2.45, 2.75) is 52.0 Å².